The highest BCUT2D eigenvalue weighted by Gasteiger charge is 2.14. The van der Waals surface area contributed by atoms with Gasteiger partial charge in [-0.15, -0.1) is 11.3 Å². The van der Waals surface area contributed by atoms with Gasteiger partial charge < -0.3 is 0 Å². The molecule has 1 atom stereocenters. The molecule has 0 radical (unpaired) electrons. The molecule has 1 unspecified atom stereocenters. The Morgan fingerprint density at radius 3 is 2.38 bits per heavy atom. The van der Waals surface area contributed by atoms with Crippen molar-refractivity contribution in [3.63, 3.8) is 0 Å². The number of rotatable bonds is 2. The molecule has 0 N–H and O–H groups in total. The van der Waals surface area contributed by atoms with Crippen molar-refractivity contribution < 1.29 is 8.78 Å². The summed E-state index contributed by atoms with van der Waals surface area (Å²) in [6, 6.07) is 5.87. The normalized spacial score (nSPS) is 12.8. The SMILES string of the molecule is Fc1ccc(C(Br)c2csc(Br)c2)cc1F. The minimum Gasteiger partial charge on any atom is -0.204 e. The average Bonchev–Trinajstić information content (AvgIpc) is 2.68. The maximum atomic E-state index is 13.1. The minimum absolute atomic E-state index is 0.120. The number of halogens is 4. The van der Waals surface area contributed by atoms with Gasteiger partial charge in [-0.05, 0) is 50.6 Å². The molecular weight excluding hydrogens is 362 g/mol. The quantitative estimate of drug-likeness (QED) is 0.634. The first kappa shape index (κ1) is 12.2. The fraction of sp³-hybridized carbons (Fsp3) is 0.0909. The van der Waals surface area contributed by atoms with Crippen LogP contribution in [0.3, 0.4) is 0 Å². The van der Waals surface area contributed by atoms with Crippen LogP contribution in [0.15, 0.2) is 33.4 Å². The summed E-state index contributed by atoms with van der Waals surface area (Å²) in [7, 11) is 0. The van der Waals surface area contributed by atoms with E-state index >= 15 is 0 Å². The van der Waals surface area contributed by atoms with Crippen LogP contribution in [0, 0.1) is 11.6 Å². The summed E-state index contributed by atoms with van der Waals surface area (Å²) in [5.74, 6) is -1.65. The maximum Gasteiger partial charge on any atom is 0.159 e. The third-order valence-electron chi connectivity index (χ3n) is 2.12. The van der Waals surface area contributed by atoms with Crippen molar-refractivity contribution in [3.05, 3.63) is 56.2 Å². The molecule has 0 saturated heterocycles. The molecule has 1 aromatic carbocycles. The largest absolute Gasteiger partial charge is 0.204 e. The van der Waals surface area contributed by atoms with Crippen LogP contribution in [0.1, 0.15) is 16.0 Å². The second-order valence-electron chi connectivity index (χ2n) is 3.22. The Hall–Kier alpha value is -0.260. The molecule has 0 nitrogen and oxygen atoms in total. The van der Waals surface area contributed by atoms with E-state index in [0.717, 1.165) is 15.4 Å². The van der Waals surface area contributed by atoms with Gasteiger partial charge in [-0.2, -0.15) is 0 Å². The van der Waals surface area contributed by atoms with Crippen molar-refractivity contribution in [1.29, 1.82) is 0 Å². The highest BCUT2D eigenvalue weighted by atomic mass is 79.9. The van der Waals surface area contributed by atoms with Gasteiger partial charge in [-0.1, -0.05) is 22.0 Å². The van der Waals surface area contributed by atoms with E-state index in [1.807, 2.05) is 11.4 Å². The smallest absolute Gasteiger partial charge is 0.159 e. The third kappa shape index (κ3) is 2.52. The molecule has 0 amide bonds. The molecule has 0 aliphatic rings. The fourth-order valence-corrected chi connectivity index (χ4v) is 3.24. The van der Waals surface area contributed by atoms with E-state index in [-0.39, 0.29) is 4.83 Å². The molecule has 0 fully saturated rings. The van der Waals surface area contributed by atoms with Gasteiger partial charge in [-0.3, -0.25) is 0 Å². The van der Waals surface area contributed by atoms with Gasteiger partial charge in [0.1, 0.15) is 0 Å². The third-order valence-corrected chi connectivity index (χ3v) is 4.70. The lowest BCUT2D eigenvalue weighted by atomic mass is 10.1. The van der Waals surface area contributed by atoms with Crippen LogP contribution in [0.25, 0.3) is 0 Å². The summed E-state index contributed by atoms with van der Waals surface area (Å²) in [6.45, 7) is 0. The number of alkyl halides is 1. The predicted octanol–water partition coefficient (Wildman–Crippen LogP) is 5.27. The first-order valence-electron chi connectivity index (χ1n) is 4.41. The first-order valence-corrected chi connectivity index (χ1v) is 6.99. The zero-order valence-electron chi connectivity index (χ0n) is 7.88. The van der Waals surface area contributed by atoms with Crippen molar-refractivity contribution >= 4 is 43.2 Å². The van der Waals surface area contributed by atoms with E-state index in [9.17, 15) is 8.78 Å². The number of hydrogen-bond acceptors (Lipinski definition) is 1. The average molecular weight is 368 g/mol. The Morgan fingerprint density at radius 1 is 1.06 bits per heavy atom. The van der Waals surface area contributed by atoms with Crippen molar-refractivity contribution in [2.45, 2.75) is 4.83 Å². The molecule has 84 valence electrons. The molecule has 0 aliphatic carbocycles. The summed E-state index contributed by atoms with van der Waals surface area (Å²) in [5, 5.41) is 1.96. The van der Waals surface area contributed by atoms with Crippen molar-refractivity contribution in [2.75, 3.05) is 0 Å². The lowest BCUT2D eigenvalue weighted by Gasteiger charge is -2.08. The standard InChI is InChI=1S/C11H6Br2F2S/c12-10-4-7(5-16-10)11(13)6-1-2-8(14)9(15)3-6/h1-5,11H. The highest BCUT2D eigenvalue weighted by Crippen LogP contribution is 2.35. The van der Waals surface area contributed by atoms with Gasteiger partial charge in [0.25, 0.3) is 0 Å². The van der Waals surface area contributed by atoms with Crippen LogP contribution < -0.4 is 0 Å². The van der Waals surface area contributed by atoms with E-state index < -0.39 is 11.6 Å². The van der Waals surface area contributed by atoms with Crippen LogP contribution in [0.5, 0.6) is 0 Å². The van der Waals surface area contributed by atoms with E-state index in [1.165, 1.54) is 6.07 Å². The van der Waals surface area contributed by atoms with E-state index in [0.29, 0.717) is 5.56 Å². The Balaban J connectivity index is 2.33. The monoisotopic (exact) mass is 366 g/mol. The van der Waals surface area contributed by atoms with Gasteiger partial charge >= 0.3 is 0 Å². The Kier molecular flexibility index (Phi) is 3.77. The number of thiophene rings is 1. The van der Waals surface area contributed by atoms with Gasteiger partial charge in [0.05, 0.1) is 8.61 Å². The van der Waals surface area contributed by atoms with Gasteiger partial charge in [0.2, 0.25) is 0 Å². The zero-order valence-corrected chi connectivity index (χ0v) is 11.9. The van der Waals surface area contributed by atoms with Crippen LogP contribution in [-0.4, -0.2) is 0 Å². The second-order valence-corrected chi connectivity index (χ2v) is 6.43. The molecule has 0 bridgehead atoms. The molecule has 5 heteroatoms. The minimum atomic E-state index is -0.824. The summed E-state index contributed by atoms with van der Waals surface area (Å²) in [5.41, 5.74) is 1.71. The molecule has 0 aliphatic heterocycles. The summed E-state index contributed by atoms with van der Waals surface area (Å²) in [4.78, 5) is -0.120. The summed E-state index contributed by atoms with van der Waals surface area (Å²) >= 11 is 8.38. The van der Waals surface area contributed by atoms with Crippen LogP contribution in [0.4, 0.5) is 8.78 Å². The van der Waals surface area contributed by atoms with Crippen molar-refractivity contribution in [3.8, 4) is 0 Å². The topological polar surface area (TPSA) is 0 Å². The first-order chi connectivity index (χ1) is 7.58. The number of benzene rings is 1. The van der Waals surface area contributed by atoms with Crippen LogP contribution >= 0.6 is 43.2 Å². The van der Waals surface area contributed by atoms with Crippen LogP contribution in [0.2, 0.25) is 0 Å². The maximum absolute atomic E-state index is 13.1. The predicted molar refractivity (Wildman–Crippen MR) is 69.1 cm³/mol. The number of hydrogen-bond donors (Lipinski definition) is 0. The van der Waals surface area contributed by atoms with Crippen molar-refractivity contribution in [2.24, 2.45) is 0 Å². The van der Waals surface area contributed by atoms with Gasteiger partial charge in [0, 0.05) is 0 Å². The Morgan fingerprint density at radius 2 is 1.81 bits per heavy atom. The van der Waals surface area contributed by atoms with Crippen molar-refractivity contribution in [1.82, 2.24) is 0 Å². The fourth-order valence-electron chi connectivity index (χ4n) is 1.32. The molecule has 0 spiro atoms. The summed E-state index contributed by atoms with van der Waals surface area (Å²) < 4.78 is 26.8. The van der Waals surface area contributed by atoms with E-state index in [1.54, 1.807) is 17.4 Å². The molecule has 1 aromatic heterocycles. The van der Waals surface area contributed by atoms with Crippen LogP contribution in [-0.2, 0) is 0 Å². The summed E-state index contributed by atoms with van der Waals surface area (Å²) in [6.07, 6.45) is 0. The Bertz CT molecular complexity index is 510. The highest BCUT2D eigenvalue weighted by molar-refractivity contribution is 9.11. The van der Waals surface area contributed by atoms with Gasteiger partial charge in [0.15, 0.2) is 11.6 Å². The Labute approximate surface area is 113 Å². The lowest BCUT2D eigenvalue weighted by Crippen LogP contribution is -1.93. The molecule has 2 aromatic rings. The van der Waals surface area contributed by atoms with E-state index in [4.69, 9.17) is 0 Å². The molecule has 1 heterocycles. The zero-order chi connectivity index (χ0) is 11.7. The van der Waals surface area contributed by atoms with Gasteiger partial charge in [-0.25, -0.2) is 8.78 Å². The molecule has 16 heavy (non-hydrogen) atoms. The molecule has 0 saturated carbocycles. The lowest BCUT2D eigenvalue weighted by molar-refractivity contribution is 0.507. The second kappa shape index (κ2) is 4.94. The molecular formula is C11H6Br2F2S. The molecule has 2 rings (SSSR count). The van der Waals surface area contributed by atoms with E-state index in [2.05, 4.69) is 31.9 Å².